The second-order valence-electron chi connectivity index (χ2n) is 4.56. The minimum Gasteiger partial charge on any atom is -0.313 e. The van der Waals surface area contributed by atoms with E-state index in [9.17, 15) is 13.2 Å². The number of rotatable bonds is 3. The van der Waals surface area contributed by atoms with E-state index >= 15 is 0 Å². The largest absolute Gasteiger partial charge is 0.433 e. The van der Waals surface area contributed by atoms with Crippen molar-refractivity contribution in [3.05, 3.63) is 58.4 Å². The van der Waals surface area contributed by atoms with Crippen LogP contribution in [0, 0.1) is 0 Å². The van der Waals surface area contributed by atoms with Gasteiger partial charge in [-0.3, -0.25) is 0 Å². The highest BCUT2D eigenvalue weighted by Gasteiger charge is 2.32. The van der Waals surface area contributed by atoms with Crippen LogP contribution in [0.25, 0.3) is 12.2 Å². The van der Waals surface area contributed by atoms with Gasteiger partial charge in [0, 0.05) is 17.6 Å². The van der Waals surface area contributed by atoms with Gasteiger partial charge >= 0.3 is 6.18 Å². The lowest BCUT2D eigenvalue weighted by molar-refractivity contribution is -0.141. The number of hydrazine groups is 1. The van der Waals surface area contributed by atoms with Crippen molar-refractivity contribution in [2.24, 2.45) is 5.84 Å². The average Bonchev–Trinajstić information content (AvgIpc) is 2.45. The predicted octanol–water partition coefficient (Wildman–Crippen LogP) is 4.23. The molecule has 0 aliphatic carbocycles. The first-order chi connectivity index (χ1) is 10.3. The molecule has 0 saturated carbocycles. The van der Waals surface area contributed by atoms with Gasteiger partial charge in [0.05, 0.1) is 11.4 Å². The van der Waals surface area contributed by atoms with Crippen LogP contribution in [0.4, 0.5) is 18.9 Å². The van der Waals surface area contributed by atoms with Crippen LogP contribution >= 0.6 is 11.6 Å². The number of halogens is 4. The Kier molecular flexibility index (Phi) is 4.73. The number of benzene rings is 1. The number of nitrogens with two attached hydrogens (primary N) is 1. The number of anilines is 1. The zero-order valence-corrected chi connectivity index (χ0v) is 12.4. The topological polar surface area (TPSA) is 42.1 Å². The van der Waals surface area contributed by atoms with Gasteiger partial charge in [-0.1, -0.05) is 23.7 Å². The highest BCUT2D eigenvalue weighted by atomic mass is 35.5. The fourth-order valence-corrected chi connectivity index (χ4v) is 2.10. The molecule has 0 radical (unpaired) electrons. The van der Waals surface area contributed by atoms with Gasteiger partial charge in [-0.2, -0.15) is 13.2 Å². The number of nitrogens with zero attached hydrogens (tertiary/aromatic N) is 2. The van der Waals surface area contributed by atoms with Crippen molar-refractivity contribution in [1.29, 1.82) is 0 Å². The SMILES string of the molecule is CN(N)c1cccc(Cl)c1/C=C/c1cccc(C(F)(F)F)n1. The molecule has 0 aliphatic rings. The Hall–Kier alpha value is -2.05. The molecule has 116 valence electrons. The molecule has 0 atom stereocenters. The molecule has 1 aromatic carbocycles. The summed E-state index contributed by atoms with van der Waals surface area (Å²) in [5.41, 5.74) is 0.495. The minimum atomic E-state index is -4.48. The molecule has 1 aromatic heterocycles. The van der Waals surface area contributed by atoms with Crippen molar-refractivity contribution >= 4 is 29.4 Å². The maximum atomic E-state index is 12.6. The van der Waals surface area contributed by atoms with Gasteiger partial charge in [0.15, 0.2) is 0 Å². The summed E-state index contributed by atoms with van der Waals surface area (Å²) in [5.74, 6) is 5.71. The summed E-state index contributed by atoms with van der Waals surface area (Å²) in [7, 11) is 1.64. The summed E-state index contributed by atoms with van der Waals surface area (Å²) < 4.78 is 37.9. The third-order valence-corrected chi connectivity index (χ3v) is 3.22. The Morgan fingerprint density at radius 2 is 1.82 bits per heavy atom. The van der Waals surface area contributed by atoms with Crippen LogP contribution in [0.1, 0.15) is 17.0 Å². The van der Waals surface area contributed by atoms with E-state index in [1.807, 2.05) is 0 Å². The molecular formula is C15H13ClF3N3. The number of pyridine rings is 1. The van der Waals surface area contributed by atoms with Gasteiger partial charge in [-0.05, 0) is 36.4 Å². The first kappa shape index (κ1) is 16.3. The van der Waals surface area contributed by atoms with E-state index in [4.69, 9.17) is 17.4 Å². The first-order valence-electron chi connectivity index (χ1n) is 6.28. The molecule has 0 amide bonds. The van der Waals surface area contributed by atoms with Gasteiger partial charge in [-0.15, -0.1) is 0 Å². The fourth-order valence-electron chi connectivity index (χ4n) is 1.87. The quantitative estimate of drug-likeness (QED) is 0.677. The molecule has 0 fully saturated rings. The molecule has 22 heavy (non-hydrogen) atoms. The Morgan fingerprint density at radius 3 is 2.45 bits per heavy atom. The Labute approximate surface area is 130 Å². The van der Waals surface area contributed by atoms with Crippen LogP contribution in [-0.2, 0) is 6.18 Å². The third-order valence-electron chi connectivity index (χ3n) is 2.89. The summed E-state index contributed by atoms with van der Waals surface area (Å²) in [4.78, 5) is 3.56. The molecule has 2 N–H and O–H groups in total. The van der Waals surface area contributed by atoms with E-state index in [1.165, 1.54) is 23.2 Å². The van der Waals surface area contributed by atoms with Gasteiger partial charge in [0.1, 0.15) is 5.69 Å². The van der Waals surface area contributed by atoms with Crippen molar-refractivity contribution in [3.8, 4) is 0 Å². The summed E-state index contributed by atoms with van der Waals surface area (Å²) in [6, 6.07) is 8.87. The molecule has 0 spiro atoms. The van der Waals surface area contributed by atoms with E-state index in [0.29, 0.717) is 16.3 Å². The third kappa shape index (κ3) is 3.78. The standard InChI is InChI=1S/C15H13ClF3N3/c1-22(20)13-6-3-5-12(16)11(13)9-8-10-4-2-7-14(21-10)15(17,18)19/h2-9H,20H2,1H3/b9-8+. The van der Waals surface area contributed by atoms with Crippen LogP contribution < -0.4 is 10.9 Å². The number of alkyl halides is 3. The zero-order chi connectivity index (χ0) is 16.3. The van der Waals surface area contributed by atoms with Crippen LogP contribution in [0.3, 0.4) is 0 Å². The average molecular weight is 328 g/mol. The molecule has 2 aromatic rings. The van der Waals surface area contributed by atoms with Crippen molar-refractivity contribution < 1.29 is 13.2 Å². The van der Waals surface area contributed by atoms with E-state index < -0.39 is 11.9 Å². The summed E-state index contributed by atoms with van der Waals surface area (Å²) >= 11 is 6.11. The highest BCUT2D eigenvalue weighted by Crippen LogP contribution is 2.29. The lowest BCUT2D eigenvalue weighted by Crippen LogP contribution is -2.25. The van der Waals surface area contributed by atoms with Crippen molar-refractivity contribution in [2.45, 2.75) is 6.18 Å². The van der Waals surface area contributed by atoms with Gasteiger partial charge in [0.25, 0.3) is 0 Å². The van der Waals surface area contributed by atoms with Crippen LogP contribution in [-0.4, -0.2) is 12.0 Å². The van der Waals surface area contributed by atoms with Crippen molar-refractivity contribution in [3.63, 3.8) is 0 Å². The predicted molar refractivity (Wildman–Crippen MR) is 82.2 cm³/mol. The van der Waals surface area contributed by atoms with Gasteiger partial charge in [0.2, 0.25) is 0 Å². The Balaban J connectivity index is 2.38. The number of hydrogen-bond donors (Lipinski definition) is 1. The molecular weight excluding hydrogens is 315 g/mol. The molecule has 0 bridgehead atoms. The van der Waals surface area contributed by atoms with Crippen LogP contribution in [0.15, 0.2) is 36.4 Å². The molecule has 1 heterocycles. The van der Waals surface area contributed by atoms with E-state index in [0.717, 1.165) is 6.07 Å². The van der Waals surface area contributed by atoms with Crippen molar-refractivity contribution in [1.82, 2.24) is 4.98 Å². The first-order valence-corrected chi connectivity index (χ1v) is 6.66. The summed E-state index contributed by atoms with van der Waals surface area (Å²) in [5, 5.41) is 1.82. The monoisotopic (exact) mass is 327 g/mol. The smallest absolute Gasteiger partial charge is 0.313 e. The number of aromatic nitrogens is 1. The zero-order valence-electron chi connectivity index (χ0n) is 11.6. The molecule has 2 rings (SSSR count). The van der Waals surface area contributed by atoms with Gasteiger partial charge in [-0.25, -0.2) is 10.8 Å². The summed E-state index contributed by atoms with van der Waals surface area (Å²) in [6.45, 7) is 0. The van der Waals surface area contributed by atoms with E-state index in [2.05, 4.69) is 4.98 Å². The molecule has 0 aliphatic heterocycles. The second kappa shape index (κ2) is 6.37. The van der Waals surface area contributed by atoms with Gasteiger partial charge < -0.3 is 5.01 Å². The maximum absolute atomic E-state index is 12.6. The van der Waals surface area contributed by atoms with Crippen LogP contribution in [0.2, 0.25) is 5.02 Å². The lowest BCUT2D eigenvalue weighted by Gasteiger charge is -2.16. The minimum absolute atomic E-state index is 0.181. The van der Waals surface area contributed by atoms with E-state index in [1.54, 1.807) is 31.3 Å². The fraction of sp³-hybridized carbons (Fsp3) is 0.133. The van der Waals surface area contributed by atoms with Crippen molar-refractivity contribution in [2.75, 3.05) is 12.1 Å². The molecule has 0 saturated heterocycles. The molecule has 0 unspecified atom stereocenters. The van der Waals surface area contributed by atoms with E-state index in [-0.39, 0.29) is 5.69 Å². The lowest BCUT2D eigenvalue weighted by atomic mass is 10.1. The Morgan fingerprint density at radius 1 is 1.14 bits per heavy atom. The normalized spacial score (nSPS) is 11.9. The molecule has 7 heteroatoms. The maximum Gasteiger partial charge on any atom is 0.433 e. The number of hydrogen-bond acceptors (Lipinski definition) is 3. The Bertz CT molecular complexity index is 697. The summed E-state index contributed by atoms with van der Waals surface area (Å²) in [6.07, 6.45) is -1.43. The van der Waals surface area contributed by atoms with Crippen LogP contribution in [0.5, 0.6) is 0 Å². The highest BCUT2D eigenvalue weighted by molar-refractivity contribution is 6.32. The second-order valence-corrected chi connectivity index (χ2v) is 4.97. The molecule has 3 nitrogen and oxygen atoms in total.